The number of hydrogen-bond donors (Lipinski definition) is 2. The number of ether oxygens (including phenoxy) is 1. The number of benzene rings is 1. The van der Waals surface area contributed by atoms with E-state index in [2.05, 4.69) is 37.2 Å². The van der Waals surface area contributed by atoms with Crippen molar-refractivity contribution in [1.29, 1.82) is 0 Å². The molecule has 3 aromatic rings. The summed E-state index contributed by atoms with van der Waals surface area (Å²) in [7, 11) is 3.30. The summed E-state index contributed by atoms with van der Waals surface area (Å²) in [4.78, 5) is 7.75. The Hall–Kier alpha value is -1.41. The molecular weight excluding hydrogens is 397 g/mol. The first-order valence-corrected chi connectivity index (χ1v) is 9.71. The maximum Gasteiger partial charge on any atom is 0.142 e. The van der Waals surface area contributed by atoms with Crippen LogP contribution in [-0.2, 0) is 0 Å². The Labute approximate surface area is 139 Å². The largest absolute Gasteiger partial charge is 0.496 e. The summed E-state index contributed by atoms with van der Waals surface area (Å²) in [6, 6.07) is 7.99. The van der Waals surface area contributed by atoms with E-state index in [9.17, 15) is 0 Å². The van der Waals surface area contributed by atoms with Gasteiger partial charge in [-0.05, 0) is 39.1 Å². The number of aryl methyl sites for hydroxylation is 1. The van der Waals surface area contributed by atoms with Crippen LogP contribution < -0.4 is 10.5 Å². The van der Waals surface area contributed by atoms with Crippen LogP contribution in [0.25, 0.3) is 22.2 Å². The highest BCUT2D eigenvalue weighted by atomic mass is 127. The molecule has 21 heavy (non-hydrogen) atoms. The minimum Gasteiger partial charge on any atom is -0.496 e. The van der Waals surface area contributed by atoms with Gasteiger partial charge in [0.05, 0.1) is 17.5 Å². The van der Waals surface area contributed by atoms with Crippen molar-refractivity contribution in [3.8, 4) is 16.9 Å². The van der Waals surface area contributed by atoms with Gasteiger partial charge < -0.3 is 15.5 Å². The van der Waals surface area contributed by atoms with E-state index in [1.54, 1.807) is 22.2 Å². The zero-order valence-corrected chi connectivity index (χ0v) is 14.6. The van der Waals surface area contributed by atoms with E-state index in [-0.39, 0.29) is 0 Å². The molecule has 0 aliphatic carbocycles. The summed E-state index contributed by atoms with van der Waals surface area (Å²) in [5, 5.41) is 2.04. The molecule has 0 radical (unpaired) electrons. The van der Waals surface area contributed by atoms with Crippen molar-refractivity contribution in [2.75, 3.05) is 12.8 Å². The summed E-state index contributed by atoms with van der Waals surface area (Å²) in [6.07, 6.45) is 1.74. The quantitative estimate of drug-likeness (QED) is 0.490. The second-order valence-electron chi connectivity index (χ2n) is 4.71. The number of anilines is 1. The molecule has 4 nitrogen and oxygen atoms in total. The van der Waals surface area contributed by atoms with Crippen molar-refractivity contribution < 1.29 is 4.74 Å². The molecule has 0 bridgehead atoms. The Kier molecular flexibility index (Phi) is 3.99. The molecule has 0 aliphatic heterocycles. The van der Waals surface area contributed by atoms with Gasteiger partial charge in [-0.1, -0.05) is 12.1 Å². The van der Waals surface area contributed by atoms with Crippen LogP contribution in [0.1, 0.15) is 5.56 Å². The van der Waals surface area contributed by atoms with Crippen LogP contribution in [0.15, 0.2) is 35.5 Å². The van der Waals surface area contributed by atoms with E-state index >= 15 is 0 Å². The molecule has 2 heterocycles. The number of fused-ring (bicyclic) bond motifs is 1. The first-order chi connectivity index (χ1) is 10.2. The number of nitrogens with zero attached hydrogens (tertiary/aromatic N) is 1. The van der Waals surface area contributed by atoms with E-state index < -0.39 is 0 Å². The average Bonchev–Trinajstić information content (AvgIpc) is 2.88. The lowest BCUT2D eigenvalue weighted by atomic mass is 10.0. The number of rotatable bonds is 3. The number of methoxy groups -OCH3 is 1. The summed E-state index contributed by atoms with van der Waals surface area (Å²) < 4.78 is 5.50. The van der Waals surface area contributed by atoms with Crippen molar-refractivity contribution in [2.24, 2.45) is 0 Å². The molecule has 2 aromatic heterocycles. The Morgan fingerprint density at radius 2 is 2.14 bits per heavy atom. The number of nitrogen functional groups attached to an aromatic ring is 1. The van der Waals surface area contributed by atoms with Gasteiger partial charge in [0, 0.05) is 38.7 Å². The minimum atomic E-state index is 0.786. The summed E-state index contributed by atoms with van der Waals surface area (Å²) >= 11 is 2.27. The SMILES string of the molecule is COc1ccnc2[nH]c(SI)c(-c3ccc(C)c(N)c3)c12. The molecule has 3 rings (SSSR count). The third kappa shape index (κ3) is 2.46. The Balaban J connectivity index is 2.36. The fourth-order valence-corrected chi connectivity index (χ4v) is 3.79. The Bertz CT molecular complexity index is 816. The second kappa shape index (κ2) is 5.76. The van der Waals surface area contributed by atoms with E-state index in [0.717, 1.165) is 44.2 Å². The number of H-pyrrole nitrogens is 1. The monoisotopic (exact) mass is 411 g/mol. The maximum atomic E-state index is 6.07. The summed E-state index contributed by atoms with van der Waals surface area (Å²) in [5.41, 5.74) is 10.9. The normalized spacial score (nSPS) is 11.0. The summed E-state index contributed by atoms with van der Waals surface area (Å²) in [6.45, 7) is 2.00. The molecule has 0 aliphatic rings. The molecule has 0 atom stereocenters. The Morgan fingerprint density at radius 3 is 2.81 bits per heavy atom. The standard InChI is InChI=1S/C15H14IN3OS/c1-8-3-4-9(7-10(8)17)12-13-11(20-2)5-6-18-14(13)19-15(12)21-16/h3-7H,17H2,1-2H3,(H,18,19). The highest BCUT2D eigenvalue weighted by Gasteiger charge is 2.18. The van der Waals surface area contributed by atoms with E-state index in [4.69, 9.17) is 10.5 Å². The van der Waals surface area contributed by atoms with Crippen molar-refractivity contribution in [2.45, 2.75) is 11.9 Å². The van der Waals surface area contributed by atoms with Crippen LogP contribution >= 0.6 is 30.1 Å². The third-order valence-corrected chi connectivity index (χ3v) is 5.27. The number of pyridine rings is 1. The van der Waals surface area contributed by atoms with E-state index in [1.165, 1.54) is 0 Å². The lowest BCUT2D eigenvalue weighted by Crippen LogP contribution is -1.91. The minimum absolute atomic E-state index is 0.786. The van der Waals surface area contributed by atoms with Crippen molar-refractivity contribution in [3.05, 3.63) is 36.0 Å². The van der Waals surface area contributed by atoms with Gasteiger partial charge in [-0.25, -0.2) is 4.98 Å². The second-order valence-corrected chi connectivity index (χ2v) is 6.60. The highest BCUT2D eigenvalue weighted by Crippen LogP contribution is 2.43. The number of aromatic nitrogens is 2. The fourth-order valence-electron chi connectivity index (χ4n) is 2.36. The highest BCUT2D eigenvalue weighted by molar-refractivity contribution is 14.2. The predicted octanol–water partition coefficient (Wildman–Crippen LogP) is 4.57. The third-order valence-electron chi connectivity index (χ3n) is 3.49. The first kappa shape index (κ1) is 14.5. The molecule has 0 amide bonds. The maximum absolute atomic E-state index is 6.07. The number of halogens is 1. The van der Waals surface area contributed by atoms with Crippen LogP contribution in [-0.4, -0.2) is 17.1 Å². The first-order valence-electron chi connectivity index (χ1n) is 6.35. The van der Waals surface area contributed by atoms with Crippen LogP contribution in [0.5, 0.6) is 5.75 Å². The van der Waals surface area contributed by atoms with Crippen LogP contribution in [0.4, 0.5) is 5.69 Å². The Morgan fingerprint density at radius 1 is 1.33 bits per heavy atom. The van der Waals surface area contributed by atoms with Gasteiger partial charge in [-0.3, -0.25) is 0 Å². The lowest BCUT2D eigenvalue weighted by molar-refractivity contribution is 0.419. The van der Waals surface area contributed by atoms with Crippen molar-refractivity contribution in [3.63, 3.8) is 0 Å². The molecule has 0 saturated carbocycles. The van der Waals surface area contributed by atoms with Crippen LogP contribution in [0.3, 0.4) is 0 Å². The number of nitrogens with two attached hydrogens (primary N) is 1. The molecule has 6 heteroatoms. The van der Waals surface area contributed by atoms with Gasteiger partial charge >= 0.3 is 0 Å². The predicted molar refractivity (Wildman–Crippen MR) is 97.1 cm³/mol. The van der Waals surface area contributed by atoms with E-state index in [1.807, 2.05) is 25.1 Å². The van der Waals surface area contributed by atoms with Gasteiger partial charge in [0.1, 0.15) is 11.4 Å². The molecule has 108 valence electrons. The summed E-state index contributed by atoms with van der Waals surface area (Å²) in [5.74, 6) is 0.807. The van der Waals surface area contributed by atoms with Gasteiger partial charge in [0.2, 0.25) is 0 Å². The van der Waals surface area contributed by atoms with Crippen molar-refractivity contribution >= 4 is 46.9 Å². The van der Waals surface area contributed by atoms with Gasteiger partial charge in [0.25, 0.3) is 0 Å². The zero-order valence-electron chi connectivity index (χ0n) is 11.6. The van der Waals surface area contributed by atoms with Gasteiger partial charge in [0.15, 0.2) is 0 Å². The lowest BCUT2D eigenvalue weighted by Gasteiger charge is -2.08. The number of aromatic amines is 1. The zero-order chi connectivity index (χ0) is 15.0. The fraction of sp³-hybridized carbons (Fsp3) is 0.133. The van der Waals surface area contributed by atoms with Crippen molar-refractivity contribution in [1.82, 2.24) is 9.97 Å². The molecule has 0 saturated heterocycles. The van der Waals surface area contributed by atoms with E-state index in [0.29, 0.717) is 0 Å². The molecule has 1 aromatic carbocycles. The smallest absolute Gasteiger partial charge is 0.142 e. The van der Waals surface area contributed by atoms with Gasteiger partial charge in [-0.15, -0.1) is 0 Å². The molecular formula is C15H14IN3OS. The van der Waals surface area contributed by atoms with Crippen LogP contribution in [0.2, 0.25) is 0 Å². The van der Waals surface area contributed by atoms with Gasteiger partial charge in [-0.2, -0.15) is 0 Å². The average molecular weight is 411 g/mol. The molecule has 3 N–H and O–H groups in total. The molecule has 0 fully saturated rings. The number of nitrogens with one attached hydrogen (secondary N) is 1. The molecule has 0 unspecified atom stereocenters. The number of hydrogen-bond acceptors (Lipinski definition) is 4. The molecule has 0 spiro atoms. The van der Waals surface area contributed by atoms with Crippen LogP contribution in [0, 0.1) is 6.92 Å². The topological polar surface area (TPSA) is 63.9 Å².